The molecule has 1 aromatic carbocycles. The number of hydrogen-bond acceptors (Lipinski definition) is 3. The van der Waals surface area contributed by atoms with E-state index in [4.69, 9.17) is 4.74 Å². The van der Waals surface area contributed by atoms with Crippen molar-refractivity contribution in [1.29, 1.82) is 0 Å². The first-order valence-electron chi connectivity index (χ1n) is 6.11. The van der Waals surface area contributed by atoms with E-state index in [0.717, 1.165) is 18.6 Å². The van der Waals surface area contributed by atoms with Gasteiger partial charge in [-0.2, -0.15) is 0 Å². The first-order valence-corrected chi connectivity index (χ1v) is 6.11. The molecule has 0 aliphatic heterocycles. The Balaban J connectivity index is 2.60. The smallest absolute Gasteiger partial charge is 0.255 e. The second-order valence-electron chi connectivity index (χ2n) is 5.25. The lowest BCUT2D eigenvalue weighted by atomic mass is 9.89. The van der Waals surface area contributed by atoms with Crippen molar-refractivity contribution < 1.29 is 19.0 Å². The molecule has 1 aromatic rings. The fourth-order valence-electron chi connectivity index (χ4n) is 1.58. The van der Waals surface area contributed by atoms with E-state index in [2.05, 4.69) is 5.32 Å². The minimum atomic E-state index is -0.575. The summed E-state index contributed by atoms with van der Waals surface area (Å²) in [7, 11) is 1.63. The number of amides is 1. The molecule has 0 fully saturated rings. The Morgan fingerprint density at radius 2 is 2.16 bits per heavy atom. The lowest BCUT2D eigenvalue weighted by molar-refractivity contribution is 0.0918. The maximum absolute atomic E-state index is 12.8. The van der Waals surface area contributed by atoms with Crippen LogP contribution in [0.2, 0.25) is 0 Å². The number of ether oxygens (including phenoxy) is 1. The van der Waals surface area contributed by atoms with Crippen LogP contribution in [0.5, 0.6) is 5.75 Å². The monoisotopic (exact) mass is 269 g/mol. The highest BCUT2D eigenvalue weighted by molar-refractivity contribution is 5.96. The van der Waals surface area contributed by atoms with E-state index in [0.29, 0.717) is 13.2 Å². The van der Waals surface area contributed by atoms with Gasteiger partial charge in [-0.15, -0.1) is 0 Å². The molecule has 0 heterocycles. The van der Waals surface area contributed by atoms with Gasteiger partial charge in [0.15, 0.2) is 0 Å². The quantitative estimate of drug-likeness (QED) is 0.833. The highest BCUT2D eigenvalue weighted by atomic mass is 19.1. The minimum Gasteiger partial charge on any atom is -0.507 e. The van der Waals surface area contributed by atoms with Crippen molar-refractivity contribution in [1.82, 2.24) is 5.32 Å². The lowest BCUT2D eigenvalue weighted by Crippen LogP contribution is -2.34. The highest BCUT2D eigenvalue weighted by Crippen LogP contribution is 2.21. The number of nitrogens with one attached hydrogen (secondary N) is 1. The molecule has 0 saturated heterocycles. The molecule has 2 N–H and O–H groups in total. The topological polar surface area (TPSA) is 58.6 Å². The van der Waals surface area contributed by atoms with Gasteiger partial charge in [0.05, 0.1) is 5.56 Å². The fourth-order valence-corrected chi connectivity index (χ4v) is 1.58. The van der Waals surface area contributed by atoms with E-state index < -0.39 is 11.7 Å². The van der Waals surface area contributed by atoms with Crippen LogP contribution in [-0.2, 0) is 4.74 Å². The molecule has 0 unspecified atom stereocenters. The van der Waals surface area contributed by atoms with E-state index in [1.165, 1.54) is 6.07 Å². The summed E-state index contributed by atoms with van der Waals surface area (Å²) >= 11 is 0. The molecule has 0 aromatic heterocycles. The van der Waals surface area contributed by atoms with Crippen LogP contribution in [0.1, 0.15) is 30.6 Å². The van der Waals surface area contributed by atoms with Crippen molar-refractivity contribution in [3.8, 4) is 5.75 Å². The van der Waals surface area contributed by atoms with Crippen LogP contribution < -0.4 is 5.32 Å². The molecule has 0 aliphatic rings. The zero-order chi connectivity index (χ0) is 14.5. The van der Waals surface area contributed by atoms with Crippen LogP contribution in [-0.4, -0.2) is 31.3 Å². The zero-order valence-corrected chi connectivity index (χ0v) is 11.5. The summed E-state index contributed by atoms with van der Waals surface area (Å²) in [5.74, 6) is -1.34. The molecule has 19 heavy (non-hydrogen) atoms. The Hall–Kier alpha value is -1.62. The van der Waals surface area contributed by atoms with E-state index in [-0.39, 0.29) is 16.7 Å². The first-order chi connectivity index (χ1) is 8.85. The second-order valence-corrected chi connectivity index (χ2v) is 5.25. The number of aromatic hydroxyl groups is 1. The summed E-state index contributed by atoms with van der Waals surface area (Å²) in [6.45, 7) is 5.09. The van der Waals surface area contributed by atoms with Crippen LogP contribution in [0, 0.1) is 11.2 Å². The summed E-state index contributed by atoms with van der Waals surface area (Å²) < 4.78 is 17.8. The fraction of sp³-hybridized carbons (Fsp3) is 0.500. The SMILES string of the molecule is COCCC(C)(C)CNC(=O)c1ccc(F)cc1O. The first kappa shape index (κ1) is 15.4. The van der Waals surface area contributed by atoms with Gasteiger partial charge in [-0.05, 0) is 24.0 Å². The van der Waals surface area contributed by atoms with Gasteiger partial charge in [0.1, 0.15) is 11.6 Å². The Kier molecular flexibility index (Phi) is 5.30. The third kappa shape index (κ3) is 4.87. The van der Waals surface area contributed by atoms with Gasteiger partial charge in [0, 0.05) is 26.3 Å². The normalized spacial score (nSPS) is 11.4. The molecule has 0 aliphatic carbocycles. The predicted molar refractivity (Wildman–Crippen MR) is 70.7 cm³/mol. The van der Waals surface area contributed by atoms with E-state index in [1.807, 2.05) is 13.8 Å². The molecule has 1 rings (SSSR count). The van der Waals surface area contributed by atoms with Gasteiger partial charge < -0.3 is 15.2 Å². The van der Waals surface area contributed by atoms with Gasteiger partial charge in [0.25, 0.3) is 5.91 Å². The summed E-state index contributed by atoms with van der Waals surface area (Å²) in [5.41, 5.74) is -0.0367. The summed E-state index contributed by atoms with van der Waals surface area (Å²) in [4.78, 5) is 11.9. The molecule has 4 nitrogen and oxygen atoms in total. The second kappa shape index (κ2) is 6.52. The number of phenolic OH excluding ortho intramolecular Hbond substituents is 1. The van der Waals surface area contributed by atoms with Crippen molar-refractivity contribution in [2.45, 2.75) is 20.3 Å². The number of benzene rings is 1. The van der Waals surface area contributed by atoms with E-state index in [9.17, 15) is 14.3 Å². The molecule has 0 saturated carbocycles. The largest absolute Gasteiger partial charge is 0.507 e. The molecule has 106 valence electrons. The average molecular weight is 269 g/mol. The Morgan fingerprint density at radius 1 is 1.47 bits per heavy atom. The molecular weight excluding hydrogens is 249 g/mol. The Bertz CT molecular complexity index is 446. The molecule has 0 radical (unpaired) electrons. The molecule has 0 atom stereocenters. The predicted octanol–water partition coefficient (Wildman–Crippen LogP) is 2.32. The van der Waals surface area contributed by atoms with Gasteiger partial charge in [-0.1, -0.05) is 13.8 Å². The minimum absolute atomic E-state index is 0.0731. The molecule has 5 heteroatoms. The van der Waals surface area contributed by atoms with Crippen molar-refractivity contribution in [3.05, 3.63) is 29.6 Å². The molecular formula is C14H20FNO3. The van der Waals surface area contributed by atoms with Crippen molar-refractivity contribution in [2.24, 2.45) is 5.41 Å². The lowest BCUT2D eigenvalue weighted by Gasteiger charge is -2.24. The number of methoxy groups -OCH3 is 1. The van der Waals surface area contributed by atoms with Crippen molar-refractivity contribution >= 4 is 5.91 Å². The summed E-state index contributed by atoms with van der Waals surface area (Å²) in [5, 5.41) is 12.2. The van der Waals surface area contributed by atoms with Crippen LogP contribution in [0.15, 0.2) is 18.2 Å². The van der Waals surface area contributed by atoms with E-state index in [1.54, 1.807) is 7.11 Å². The number of carbonyl (C=O) groups excluding carboxylic acids is 1. The van der Waals surface area contributed by atoms with Crippen LogP contribution in [0.25, 0.3) is 0 Å². The maximum Gasteiger partial charge on any atom is 0.255 e. The number of hydrogen-bond donors (Lipinski definition) is 2. The summed E-state index contributed by atoms with van der Waals surface area (Å²) in [6, 6.07) is 3.33. The zero-order valence-electron chi connectivity index (χ0n) is 11.5. The van der Waals surface area contributed by atoms with Gasteiger partial charge in [0.2, 0.25) is 0 Å². The molecule has 1 amide bonds. The van der Waals surface area contributed by atoms with Crippen molar-refractivity contribution in [2.75, 3.05) is 20.3 Å². The number of rotatable bonds is 6. The van der Waals surface area contributed by atoms with Gasteiger partial charge in [-0.25, -0.2) is 4.39 Å². The number of halogens is 1. The van der Waals surface area contributed by atoms with Crippen LogP contribution >= 0.6 is 0 Å². The molecule has 0 spiro atoms. The molecule has 0 bridgehead atoms. The summed E-state index contributed by atoms with van der Waals surface area (Å²) in [6.07, 6.45) is 0.805. The van der Waals surface area contributed by atoms with Gasteiger partial charge >= 0.3 is 0 Å². The van der Waals surface area contributed by atoms with Gasteiger partial charge in [-0.3, -0.25) is 4.79 Å². The Morgan fingerprint density at radius 3 is 2.74 bits per heavy atom. The number of carbonyl (C=O) groups is 1. The highest BCUT2D eigenvalue weighted by Gasteiger charge is 2.20. The van der Waals surface area contributed by atoms with Crippen LogP contribution in [0.3, 0.4) is 0 Å². The van der Waals surface area contributed by atoms with Crippen molar-refractivity contribution in [3.63, 3.8) is 0 Å². The van der Waals surface area contributed by atoms with E-state index >= 15 is 0 Å². The van der Waals surface area contributed by atoms with Crippen LogP contribution in [0.4, 0.5) is 4.39 Å². The third-order valence-electron chi connectivity index (χ3n) is 2.91. The average Bonchev–Trinajstić information content (AvgIpc) is 2.34. The maximum atomic E-state index is 12.8. The Labute approximate surface area is 112 Å². The standard InChI is InChI=1S/C14H20FNO3/c1-14(2,6-7-19-3)9-16-13(18)11-5-4-10(15)8-12(11)17/h4-5,8,17H,6-7,9H2,1-3H3,(H,16,18). The number of phenols is 1. The third-order valence-corrected chi connectivity index (χ3v) is 2.91.